The summed E-state index contributed by atoms with van der Waals surface area (Å²) in [5, 5.41) is 3.71. The lowest BCUT2D eigenvalue weighted by Gasteiger charge is -2.49. The van der Waals surface area contributed by atoms with Crippen molar-refractivity contribution < 1.29 is 0 Å². The molecule has 1 heterocycles. The lowest BCUT2D eigenvalue weighted by atomic mass is 9.57. The third-order valence-electron chi connectivity index (χ3n) is 4.51. The molecule has 1 N–H and O–H groups in total. The molecule has 1 aromatic rings. The highest BCUT2D eigenvalue weighted by Crippen LogP contribution is 2.48. The van der Waals surface area contributed by atoms with Crippen LogP contribution in [0.15, 0.2) is 24.5 Å². The molecule has 2 atom stereocenters. The van der Waals surface area contributed by atoms with Crippen LogP contribution in [-0.2, 0) is 5.41 Å². The molecular weight excluding hydrogens is 196 g/mol. The molecule has 0 saturated heterocycles. The van der Waals surface area contributed by atoms with Crippen LogP contribution in [0.2, 0.25) is 0 Å². The Balaban J connectivity index is 1.79. The third-order valence-corrected chi connectivity index (χ3v) is 4.51. The molecule has 86 valence electrons. The molecule has 2 heteroatoms. The van der Waals surface area contributed by atoms with Gasteiger partial charge in [-0.1, -0.05) is 6.92 Å². The van der Waals surface area contributed by atoms with Crippen molar-refractivity contribution in [3.63, 3.8) is 0 Å². The van der Waals surface area contributed by atoms with E-state index < -0.39 is 0 Å². The highest BCUT2D eigenvalue weighted by Gasteiger charge is 2.45. The van der Waals surface area contributed by atoms with E-state index in [0.717, 1.165) is 18.5 Å². The van der Waals surface area contributed by atoms with Crippen LogP contribution in [0.1, 0.15) is 38.2 Å². The van der Waals surface area contributed by atoms with Gasteiger partial charge in [-0.25, -0.2) is 0 Å². The summed E-state index contributed by atoms with van der Waals surface area (Å²) in [6.45, 7) is 3.54. The van der Waals surface area contributed by atoms with Gasteiger partial charge in [-0.05, 0) is 49.3 Å². The molecule has 0 spiro atoms. The molecule has 2 saturated carbocycles. The van der Waals surface area contributed by atoms with Gasteiger partial charge in [0, 0.05) is 30.4 Å². The Morgan fingerprint density at radius 1 is 1.31 bits per heavy atom. The fourth-order valence-corrected chi connectivity index (χ4v) is 2.87. The molecule has 2 nitrogen and oxygen atoms in total. The van der Waals surface area contributed by atoms with E-state index in [0.29, 0.717) is 5.41 Å². The van der Waals surface area contributed by atoms with E-state index in [1.54, 1.807) is 0 Å². The first kappa shape index (κ1) is 10.3. The highest BCUT2D eigenvalue weighted by molar-refractivity contribution is 5.28. The first-order valence-corrected chi connectivity index (χ1v) is 6.45. The summed E-state index contributed by atoms with van der Waals surface area (Å²) in [6.07, 6.45) is 9.31. The normalized spacial score (nSPS) is 33.4. The number of pyridine rings is 1. The number of hydrogen-bond acceptors (Lipinski definition) is 2. The predicted octanol–water partition coefficient (Wildman–Crippen LogP) is 2.50. The Bertz CT molecular complexity index is 358. The molecule has 0 radical (unpaired) electrons. The Kier molecular flexibility index (Phi) is 2.47. The van der Waals surface area contributed by atoms with Gasteiger partial charge in [0.05, 0.1) is 0 Å². The number of nitrogens with zero attached hydrogens (tertiary/aromatic N) is 1. The minimum absolute atomic E-state index is 0.394. The van der Waals surface area contributed by atoms with Crippen molar-refractivity contribution in [2.75, 3.05) is 6.54 Å². The maximum Gasteiger partial charge on any atom is 0.0270 e. The molecule has 0 amide bonds. The molecule has 1 aromatic heterocycles. The predicted molar refractivity (Wildman–Crippen MR) is 65.3 cm³/mol. The first-order valence-electron chi connectivity index (χ1n) is 6.45. The number of aromatic nitrogens is 1. The summed E-state index contributed by atoms with van der Waals surface area (Å²) >= 11 is 0. The quantitative estimate of drug-likeness (QED) is 0.836. The van der Waals surface area contributed by atoms with Gasteiger partial charge in [0.15, 0.2) is 0 Å². The molecule has 2 aliphatic rings. The number of nitrogens with one attached hydrogen (secondary N) is 1. The van der Waals surface area contributed by atoms with Crippen LogP contribution < -0.4 is 5.32 Å². The molecule has 0 aliphatic heterocycles. The second-order valence-corrected chi connectivity index (χ2v) is 5.49. The minimum atomic E-state index is 0.394. The van der Waals surface area contributed by atoms with E-state index in [-0.39, 0.29) is 0 Å². The fraction of sp³-hybridized carbons (Fsp3) is 0.643. The largest absolute Gasteiger partial charge is 0.313 e. The number of hydrogen-bond donors (Lipinski definition) is 1. The van der Waals surface area contributed by atoms with E-state index in [9.17, 15) is 0 Å². The van der Waals surface area contributed by atoms with Gasteiger partial charge in [0.25, 0.3) is 0 Å². The van der Waals surface area contributed by atoms with Gasteiger partial charge in [0.1, 0.15) is 0 Å². The molecule has 3 rings (SSSR count). The van der Waals surface area contributed by atoms with Crippen LogP contribution in [0.3, 0.4) is 0 Å². The van der Waals surface area contributed by atoms with E-state index >= 15 is 0 Å². The average molecular weight is 216 g/mol. The maximum atomic E-state index is 4.13. The van der Waals surface area contributed by atoms with Crippen LogP contribution in [0.25, 0.3) is 0 Å². The van der Waals surface area contributed by atoms with Gasteiger partial charge >= 0.3 is 0 Å². The van der Waals surface area contributed by atoms with Crippen molar-refractivity contribution in [1.29, 1.82) is 0 Å². The van der Waals surface area contributed by atoms with Crippen LogP contribution in [-0.4, -0.2) is 17.6 Å². The summed E-state index contributed by atoms with van der Waals surface area (Å²) in [4.78, 5) is 4.13. The summed E-state index contributed by atoms with van der Waals surface area (Å²) in [5.41, 5.74) is 1.88. The Hall–Kier alpha value is -0.890. The van der Waals surface area contributed by atoms with Crippen molar-refractivity contribution in [2.24, 2.45) is 5.92 Å². The van der Waals surface area contributed by atoms with Crippen LogP contribution >= 0.6 is 0 Å². The lowest BCUT2D eigenvalue weighted by Crippen LogP contribution is -2.50. The molecule has 2 fully saturated rings. The van der Waals surface area contributed by atoms with Crippen molar-refractivity contribution in [1.82, 2.24) is 10.3 Å². The number of rotatable bonds is 4. The van der Waals surface area contributed by atoms with Crippen molar-refractivity contribution in [3.8, 4) is 0 Å². The summed E-state index contributed by atoms with van der Waals surface area (Å²) in [5.74, 6) is 0.807. The van der Waals surface area contributed by atoms with Crippen molar-refractivity contribution in [2.45, 2.75) is 44.1 Å². The SMILES string of the molecule is CC1CCC1(CNC1CC1)c1ccncc1. The fourth-order valence-electron chi connectivity index (χ4n) is 2.87. The molecular formula is C14H20N2. The molecule has 2 unspecified atom stereocenters. The molecule has 0 aromatic carbocycles. The smallest absolute Gasteiger partial charge is 0.0270 e. The zero-order chi connectivity index (χ0) is 11.0. The summed E-state index contributed by atoms with van der Waals surface area (Å²) in [6, 6.07) is 5.21. The van der Waals surface area contributed by atoms with Crippen LogP contribution in [0, 0.1) is 5.92 Å². The van der Waals surface area contributed by atoms with E-state index in [1.807, 2.05) is 12.4 Å². The van der Waals surface area contributed by atoms with E-state index in [2.05, 4.69) is 29.4 Å². The van der Waals surface area contributed by atoms with Crippen LogP contribution in [0.4, 0.5) is 0 Å². The zero-order valence-corrected chi connectivity index (χ0v) is 9.95. The Morgan fingerprint density at radius 2 is 2.06 bits per heavy atom. The third kappa shape index (κ3) is 1.65. The van der Waals surface area contributed by atoms with E-state index in [1.165, 1.54) is 31.2 Å². The topological polar surface area (TPSA) is 24.9 Å². The Labute approximate surface area is 97.5 Å². The van der Waals surface area contributed by atoms with Crippen LogP contribution in [0.5, 0.6) is 0 Å². The Morgan fingerprint density at radius 3 is 2.56 bits per heavy atom. The first-order chi connectivity index (χ1) is 7.81. The van der Waals surface area contributed by atoms with Crippen molar-refractivity contribution >= 4 is 0 Å². The molecule has 0 bridgehead atoms. The second-order valence-electron chi connectivity index (χ2n) is 5.49. The highest BCUT2D eigenvalue weighted by atomic mass is 15.0. The van der Waals surface area contributed by atoms with E-state index in [4.69, 9.17) is 0 Å². The van der Waals surface area contributed by atoms with Gasteiger partial charge < -0.3 is 5.32 Å². The van der Waals surface area contributed by atoms with Gasteiger partial charge in [0.2, 0.25) is 0 Å². The lowest BCUT2D eigenvalue weighted by molar-refractivity contribution is 0.133. The maximum absolute atomic E-state index is 4.13. The van der Waals surface area contributed by atoms with Gasteiger partial charge in [-0.15, -0.1) is 0 Å². The molecule has 16 heavy (non-hydrogen) atoms. The average Bonchev–Trinajstić information content (AvgIpc) is 3.13. The van der Waals surface area contributed by atoms with Gasteiger partial charge in [-0.2, -0.15) is 0 Å². The van der Waals surface area contributed by atoms with Crippen molar-refractivity contribution in [3.05, 3.63) is 30.1 Å². The minimum Gasteiger partial charge on any atom is -0.313 e. The summed E-state index contributed by atoms with van der Waals surface area (Å²) in [7, 11) is 0. The summed E-state index contributed by atoms with van der Waals surface area (Å²) < 4.78 is 0. The monoisotopic (exact) mass is 216 g/mol. The second kappa shape index (κ2) is 3.85. The van der Waals surface area contributed by atoms with Gasteiger partial charge in [-0.3, -0.25) is 4.98 Å². The standard InChI is InChI=1S/C14H20N2/c1-11-4-7-14(11,10-16-13-2-3-13)12-5-8-15-9-6-12/h5-6,8-9,11,13,16H,2-4,7,10H2,1H3. The molecule has 2 aliphatic carbocycles. The zero-order valence-electron chi connectivity index (χ0n) is 9.95.